The Balaban J connectivity index is 2.41. The molecule has 3 rings (SSSR count). The van der Waals surface area contributed by atoms with E-state index in [0.717, 1.165) is 15.3 Å². The first-order valence-electron chi connectivity index (χ1n) is 10.8. The fraction of sp³-hybridized carbons (Fsp3) is 0.478. The Hall–Kier alpha value is -3.18. The number of aryl methyl sites for hydroxylation is 2. The smallest absolute Gasteiger partial charge is 0.339 e. The lowest BCUT2D eigenvalue weighted by molar-refractivity contribution is -0.0756. The van der Waals surface area contributed by atoms with Gasteiger partial charge in [-0.1, -0.05) is 13.8 Å². The lowest BCUT2D eigenvalue weighted by Gasteiger charge is -2.15. The molecule has 11 heteroatoms. The summed E-state index contributed by atoms with van der Waals surface area (Å²) in [6.07, 6.45) is 0.192. The Kier molecular flexibility index (Phi) is 7.18. The highest BCUT2D eigenvalue weighted by Crippen LogP contribution is 2.34. The summed E-state index contributed by atoms with van der Waals surface area (Å²) in [6.45, 7) is 7.93. The van der Waals surface area contributed by atoms with Crippen LogP contribution in [0.15, 0.2) is 9.59 Å². The van der Waals surface area contributed by atoms with Gasteiger partial charge in [-0.05, 0) is 25.3 Å². The number of nitrogens with zero attached hydrogens (tertiary/aromatic N) is 3. The molecule has 0 aromatic carbocycles. The summed E-state index contributed by atoms with van der Waals surface area (Å²) in [5.74, 6) is -0.877. The normalized spacial score (nSPS) is 11.4. The number of aromatic nitrogens is 3. The summed E-state index contributed by atoms with van der Waals surface area (Å²) in [6, 6.07) is 0. The standard InChI is InChI=1S/C23H30N4O6S/c1-11(2)10-27-21-18(19(28)25(5)23(27)31)17(20(29)26(6)33-8)15(34-21)9-14-12(3)24-13(4)16(14)22(30)32-7/h11,24H,9-10H2,1-8H3. The predicted molar refractivity (Wildman–Crippen MR) is 130 cm³/mol. The van der Waals surface area contributed by atoms with Gasteiger partial charge in [-0.15, -0.1) is 11.3 Å². The highest BCUT2D eigenvalue weighted by atomic mass is 32.1. The van der Waals surface area contributed by atoms with Crippen molar-refractivity contribution in [1.82, 2.24) is 19.2 Å². The summed E-state index contributed by atoms with van der Waals surface area (Å²) >= 11 is 1.21. The highest BCUT2D eigenvalue weighted by Gasteiger charge is 2.30. The van der Waals surface area contributed by atoms with Gasteiger partial charge in [0.15, 0.2) is 0 Å². The molecule has 3 aromatic rings. The molecule has 1 amide bonds. The first-order chi connectivity index (χ1) is 15.9. The molecule has 3 aromatic heterocycles. The van der Waals surface area contributed by atoms with Crippen LogP contribution >= 0.6 is 11.3 Å². The van der Waals surface area contributed by atoms with Crippen molar-refractivity contribution < 1.29 is 19.2 Å². The maximum atomic E-state index is 13.4. The number of nitrogens with one attached hydrogen (secondary N) is 1. The minimum Gasteiger partial charge on any atom is -0.465 e. The molecule has 0 fully saturated rings. The average molecular weight is 491 g/mol. The average Bonchev–Trinajstić information content (AvgIpc) is 3.30. The molecule has 34 heavy (non-hydrogen) atoms. The maximum Gasteiger partial charge on any atom is 0.339 e. The molecule has 0 unspecified atom stereocenters. The van der Waals surface area contributed by atoms with E-state index >= 15 is 0 Å². The van der Waals surface area contributed by atoms with Gasteiger partial charge in [-0.25, -0.2) is 14.7 Å². The van der Waals surface area contributed by atoms with Crippen molar-refractivity contribution in [2.24, 2.45) is 13.0 Å². The van der Waals surface area contributed by atoms with Crippen LogP contribution in [0, 0.1) is 19.8 Å². The van der Waals surface area contributed by atoms with Gasteiger partial charge in [0.05, 0.1) is 30.7 Å². The molecule has 0 aliphatic carbocycles. The number of rotatable bonds is 7. The SMILES string of the molecule is COC(=O)c1c(C)[nH]c(C)c1Cc1sc2c(c1C(=O)N(C)OC)c(=O)n(C)c(=O)n2CC(C)C. The molecule has 0 spiro atoms. The van der Waals surface area contributed by atoms with E-state index in [1.807, 2.05) is 20.8 Å². The van der Waals surface area contributed by atoms with Crippen molar-refractivity contribution >= 4 is 33.4 Å². The zero-order valence-electron chi connectivity index (χ0n) is 20.7. The Bertz CT molecular complexity index is 1390. The Morgan fingerprint density at radius 1 is 1.12 bits per heavy atom. The molecule has 0 atom stereocenters. The van der Waals surface area contributed by atoms with E-state index in [2.05, 4.69) is 4.98 Å². The number of thiophene rings is 1. The molecule has 0 aliphatic rings. The first-order valence-corrected chi connectivity index (χ1v) is 11.6. The van der Waals surface area contributed by atoms with Gasteiger partial charge in [0.1, 0.15) is 4.83 Å². The van der Waals surface area contributed by atoms with E-state index in [-0.39, 0.29) is 23.3 Å². The number of methoxy groups -OCH3 is 1. The molecule has 0 saturated carbocycles. The number of carbonyl (C=O) groups excluding carboxylic acids is 2. The van der Waals surface area contributed by atoms with Crippen LogP contribution in [-0.4, -0.2) is 52.3 Å². The quantitative estimate of drug-likeness (QED) is 0.402. The van der Waals surface area contributed by atoms with E-state index < -0.39 is 23.1 Å². The number of hydrogen-bond donors (Lipinski definition) is 1. The Morgan fingerprint density at radius 3 is 2.32 bits per heavy atom. The van der Waals surface area contributed by atoms with E-state index in [0.29, 0.717) is 33.1 Å². The van der Waals surface area contributed by atoms with Crippen LogP contribution in [0.4, 0.5) is 0 Å². The fourth-order valence-electron chi connectivity index (χ4n) is 4.09. The molecule has 10 nitrogen and oxygen atoms in total. The number of amides is 1. The third-order valence-corrected chi connectivity index (χ3v) is 7.01. The third kappa shape index (κ3) is 4.21. The van der Waals surface area contributed by atoms with Crippen LogP contribution in [0.1, 0.15) is 56.4 Å². The highest BCUT2D eigenvalue weighted by molar-refractivity contribution is 7.19. The Morgan fingerprint density at radius 2 is 1.76 bits per heavy atom. The number of esters is 1. The second-order valence-electron chi connectivity index (χ2n) is 8.61. The lowest BCUT2D eigenvalue weighted by Crippen LogP contribution is -2.39. The summed E-state index contributed by atoms with van der Waals surface area (Å²) in [5, 5.41) is 1.21. The van der Waals surface area contributed by atoms with Crippen molar-refractivity contribution in [2.75, 3.05) is 21.3 Å². The van der Waals surface area contributed by atoms with Gasteiger partial charge in [0, 0.05) is 43.3 Å². The second kappa shape index (κ2) is 9.59. The van der Waals surface area contributed by atoms with Crippen LogP contribution in [0.2, 0.25) is 0 Å². The monoisotopic (exact) mass is 490 g/mol. The van der Waals surface area contributed by atoms with E-state index in [1.54, 1.807) is 6.92 Å². The molecule has 0 bridgehead atoms. The number of hydroxylamine groups is 2. The lowest BCUT2D eigenvalue weighted by atomic mass is 10.0. The Labute approximate surface area is 200 Å². The number of H-pyrrole nitrogens is 1. The molecule has 0 aliphatic heterocycles. The summed E-state index contributed by atoms with van der Waals surface area (Å²) in [5.41, 5.74) is 1.63. The van der Waals surface area contributed by atoms with Crippen molar-refractivity contribution in [3.05, 3.63) is 53.8 Å². The van der Waals surface area contributed by atoms with Gasteiger partial charge in [-0.2, -0.15) is 0 Å². The van der Waals surface area contributed by atoms with Crippen LogP contribution < -0.4 is 11.2 Å². The van der Waals surface area contributed by atoms with Gasteiger partial charge in [0.2, 0.25) is 0 Å². The zero-order chi connectivity index (χ0) is 25.5. The number of fused-ring (bicyclic) bond motifs is 1. The second-order valence-corrected chi connectivity index (χ2v) is 9.70. The van der Waals surface area contributed by atoms with Crippen LogP contribution in [0.3, 0.4) is 0 Å². The third-order valence-electron chi connectivity index (χ3n) is 5.80. The zero-order valence-corrected chi connectivity index (χ0v) is 21.5. The number of hydrogen-bond acceptors (Lipinski definition) is 7. The van der Waals surface area contributed by atoms with Crippen molar-refractivity contribution in [3.63, 3.8) is 0 Å². The largest absolute Gasteiger partial charge is 0.465 e. The van der Waals surface area contributed by atoms with Crippen LogP contribution in [0.5, 0.6) is 0 Å². The first kappa shape index (κ1) is 25.4. The minimum atomic E-state index is -0.550. The van der Waals surface area contributed by atoms with Crippen molar-refractivity contribution in [3.8, 4) is 0 Å². The van der Waals surface area contributed by atoms with Crippen molar-refractivity contribution in [2.45, 2.75) is 40.7 Å². The number of carbonyl (C=O) groups is 2. The van der Waals surface area contributed by atoms with Crippen LogP contribution in [0.25, 0.3) is 10.2 Å². The maximum absolute atomic E-state index is 13.4. The van der Waals surface area contributed by atoms with E-state index in [9.17, 15) is 19.2 Å². The van der Waals surface area contributed by atoms with Gasteiger partial charge < -0.3 is 9.72 Å². The molecule has 1 N–H and O–H groups in total. The summed E-state index contributed by atoms with van der Waals surface area (Å²) in [7, 11) is 5.52. The summed E-state index contributed by atoms with van der Waals surface area (Å²) < 4.78 is 7.53. The molecule has 0 saturated heterocycles. The summed E-state index contributed by atoms with van der Waals surface area (Å²) in [4.78, 5) is 61.3. The predicted octanol–water partition coefficient (Wildman–Crippen LogP) is 2.37. The van der Waals surface area contributed by atoms with Crippen molar-refractivity contribution in [1.29, 1.82) is 0 Å². The van der Waals surface area contributed by atoms with E-state index in [1.165, 1.54) is 44.2 Å². The van der Waals surface area contributed by atoms with Gasteiger partial charge >= 0.3 is 11.7 Å². The molecule has 184 valence electrons. The minimum absolute atomic E-state index is 0.130. The number of aromatic amines is 1. The van der Waals surface area contributed by atoms with Crippen LogP contribution in [-0.2, 0) is 29.6 Å². The molecular weight excluding hydrogens is 460 g/mol. The van der Waals surface area contributed by atoms with E-state index in [4.69, 9.17) is 9.57 Å². The topological polar surface area (TPSA) is 116 Å². The fourth-order valence-corrected chi connectivity index (χ4v) is 5.38. The molecule has 0 radical (unpaired) electrons. The number of ether oxygens (including phenoxy) is 1. The van der Waals surface area contributed by atoms with Gasteiger partial charge in [-0.3, -0.25) is 23.6 Å². The molecular formula is C23H30N4O6S. The van der Waals surface area contributed by atoms with Gasteiger partial charge in [0.25, 0.3) is 11.5 Å². The molecule has 3 heterocycles.